The van der Waals surface area contributed by atoms with Gasteiger partial charge in [-0.3, -0.25) is 9.59 Å². The minimum Gasteiger partial charge on any atom is -0.351 e. The van der Waals surface area contributed by atoms with E-state index in [1.807, 2.05) is 0 Å². The number of carbonyl (C=O) groups is 2. The highest BCUT2D eigenvalue weighted by Gasteiger charge is 2.28. The maximum absolute atomic E-state index is 11.7. The first-order valence-corrected chi connectivity index (χ1v) is 5.56. The van der Waals surface area contributed by atoms with Gasteiger partial charge in [0.1, 0.15) is 6.04 Å². The summed E-state index contributed by atoms with van der Waals surface area (Å²) in [4.78, 5) is 22.7. The van der Waals surface area contributed by atoms with Crippen LogP contribution < -0.4 is 16.0 Å². The van der Waals surface area contributed by atoms with E-state index in [0.29, 0.717) is 12.8 Å². The molecule has 0 aromatic rings. The summed E-state index contributed by atoms with van der Waals surface area (Å²) in [5.74, 6) is -0.0341. The van der Waals surface area contributed by atoms with E-state index < -0.39 is 0 Å². The molecule has 2 aliphatic heterocycles. The summed E-state index contributed by atoms with van der Waals surface area (Å²) in [6.45, 7) is 1.92. The van der Waals surface area contributed by atoms with Gasteiger partial charge in [0.25, 0.3) is 0 Å². The predicted octanol–water partition coefficient (Wildman–Crippen LogP) is -0.867. The van der Waals surface area contributed by atoms with E-state index in [-0.39, 0.29) is 23.9 Å². The Morgan fingerprint density at radius 2 is 2.00 bits per heavy atom. The first kappa shape index (κ1) is 10.4. The molecule has 0 aliphatic carbocycles. The van der Waals surface area contributed by atoms with Crippen LogP contribution in [0.4, 0.5) is 0 Å². The molecule has 0 spiro atoms. The highest BCUT2D eigenvalue weighted by atomic mass is 16.2. The van der Waals surface area contributed by atoms with Crippen molar-refractivity contribution in [3.8, 4) is 0 Å². The molecule has 15 heavy (non-hydrogen) atoms. The van der Waals surface area contributed by atoms with Crippen LogP contribution in [0.25, 0.3) is 0 Å². The first-order valence-electron chi connectivity index (χ1n) is 5.56. The lowest BCUT2D eigenvalue weighted by Gasteiger charge is -2.24. The van der Waals surface area contributed by atoms with E-state index in [4.69, 9.17) is 0 Å². The molecule has 3 N–H and O–H groups in total. The highest BCUT2D eigenvalue weighted by molar-refractivity contribution is 5.90. The van der Waals surface area contributed by atoms with Gasteiger partial charge in [-0.2, -0.15) is 0 Å². The summed E-state index contributed by atoms with van der Waals surface area (Å²) in [5, 5.41) is 8.91. The second-order valence-electron chi connectivity index (χ2n) is 4.19. The van der Waals surface area contributed by atoms with E-state index in [0.717, 1.165) is 25.9 Å². The second-order valence-corrected chi connectivity index (χ2v) is 4.19. The predicted molar refractivity (Wildman–Crippen MR) is 55.2 cm³/mol. The zero-order valence-electron chi connectivity index (χ0n) is 8.71. The fraction of sp³-hybridized carbons (Fsp3) is 0.800. The van der Waals surface area contributed by atoms with Crippen molar-refractivity contribution in [2.45, 2.75) is 37.8 Å². The molecule has 0 aromatic carbocycles. The molecule has 2 fully saturated rings. The highest BCUT2D eigenvalue weighted by Crippen LogP contribution is 2.08. The van der Waals surface area contributed by atoms with Crippen molar-refractivity contribution in [2.75, 3.05) is 13.1 Å². The Labute approximate surface area is 89.0 Å². The third-order valence-electron chi connectivity index (χ3n) is 3.00. The zero-order chi connectivity index (χ0) is 10.7. The van der Waals surface area contributed by atoms with Crippen LogP contribution in [0, 0.1) is 0 Å². The summed E-state index contributed by atoms with van der Waals surface area (Å²) in [6, 6.07) is -0.0244. The van der Waals surface area contributed by atoms with Gasteiger partial charge in [0.05, 0.1) is 0 Å². The van der Waals surface area contributed by atoms with E-state index in [1.165, 1.54) is 0 Å². The van der Waals surface area contributed by atoms with E-state index >= 15 is 0 Å². The second kappa shape index (κ2) is 4.61. The molecule has 2 saturated heterocycles. The van der Waals surface area contributed by atoms with Gasteiger partial charge in [-0.1, -0.05) is 0 Å². The number of carbonyl (C=O) groups excluding carboxylic acids is 2. The lowest BCUT2D eigenvalue weighted by atomic mass is 10.1. The van der Waals surface area contributed by atoms with Crippen LogP contribution in [-0.4, -0.2) is 37.0 Å². The molecule has 1 atom stereocenters. The van der Waals surface area contributed by atoms with Gasteiger partial charge in [0, 0.05) is 12.5 Å². The van der Waals surface area contributed by atoms with E-state index in [1.54, 1.807) is 0 Å². The Balaban J connectivity index is 1.78. The number of rotatable bonds is 2. The van der Waals surface area contributed by atoms with Crippen LogP contribution in [0.1, 0.15) is 25.7 Å². The summed E-state index contributed by atoms with van der Waals surface area (Å²) in [6.07, 6.45) is 3.07. The average Bonchev–Trinajstić information content (AvgIpc) is 2.66. The lowest BCUT2D eigenvalue weighted by Crippen LogP contribution is -2.49. The quantitative estimate of drug-likeness (QED) is 0.556. The van der Waals surface area contributed by atoms with Gasteiger partial charge in [-0.05, 0) is 32.4 Å². The molecular weight excluding hydrogens is 194 g/mol. The van der Waals surface area contributed by atoms with E-state index in [9.17, 15) is 9.59 Å². The molecule has 2 heterocycles. The van der Waals surface area contributed by atoms with Crippen molar-refractivity contribution in [1.29, 1.82) is 0 Å². The molecular formula is C10H17N3O2. The van der Waals surface area contributed by atoms with Gasteiger partial charge in [0.2, 0.25) is 11.8 Å². The topological polar surface area (TPSA) is 70.2 Å². The summed E-state index contributed by atoms with van der Waals surface area (Å²) < 4.78 is 0. The average molecular weight is 211 g/mol. The molecule has 5 nitrogen and oxygen atoms in total. The Kier molecular flexibility index (Phi) is 3.20. The number of amides is 2. The fourth-order valence-electron chi connectivity index (χ4n) is 2.08. The first-order chi connectivity index (χ1) is 7.25. The van der Waals surface area contributed by atoms with Gasteiger partial charge in [-0.25, -0.2) is 0 Å². The largest absolute Gasteiger partial charge is 0.351 e. The van der Waals surface area contributed by atoms with Crippen LogP contribution in [0.5, 0.6) is 0 Å². The molecule has 5 heteroatoms. The Hall–Kier alpha value is -1.10. The third kappa shape index (κ3) is 2.68. The van der Waals surface area contributed by atoms with Gasteiger partial charge >= 0.3 is 0 Å². The Morgan fingerprint density at radius 1 is 1.27 bits per heavy atom. The van der Waals surface area contributed by atoms with Crippen molar-refractivity contribution in [3.05, 3.63) is 0 Å². The minimum atomic E-state index is -0.299. The van der Waals surface area contributed by atoms with Gasteiger partial charge < -0.3 is 16.0 Å². The van der Waals surface area contributed by atoms with Crippen LogP contribution in [0.2, 0.25) is 0 Å². The van der Waals surface area contributed by atoms with Crippen molar-refractivity contribution in [3.63, 3.8) is 0 Å². The van der Waals surface area contributed by atoms with E-state index in [2.05, 4.69) is 16.0 Å². The third-order valence-corrected chi connectivity index (χ3v) is 3.00. The number of nitrogens with one attached hydrogen (secondary N) is 3. The van der Waals surface area contributed by atoms with Crippen LogP contribution in [0.15, 0.2) is 0 Å². The Bertz CT molecular complexity index is 261. The molecule has 2 aliphatic rings. The van der Waals surface area contributed by atoms with Crippen molar-refractivity contribution in [1.82, 2.24) is 16.0 Å². The molecule has 2 rings (SSSR count). The normalized spacial score (nSPS) is 27.5. The van der Waals surface area contributed by atoms with Crippen molar-refractivity contribution in [2.24, 2.45) is 0 Å². The van der Waals surface area contributed by atoms with Gasteiger partial charge in [-0.15, -0.1) is 0 Å². The standard InChI is InChI=1S/C10H17N3O2/c14-9-2-1-8(13-9)10(15)12-7-3-5-11-6-4-7/h7-8,11H,1-6H2,(H,12,15)(H,13,14)/t8-/m1/s1. The molecule has 0 bridgehead atoms. The Morgan fingerprint density at radius 3 is 2.60 bits per heavy atom. The van der Waals surface area contributed by atoms with Crippen LogP contribution in [0.3, 0.4) is 0 Å². The monoisotopic (exact) mass is 211 g/mol. The summed E-state index contributed by atoms with van der Waals surface area (Å²) in [7, 11) is 0. The number of hydrogen-bond donors (Lipinski definition) is 3. The van der Waals surface area contributed by atoms with Crippen molar-refractivity contribution < 1.29 is 9.59 Å². The smallest absolute Gasteiger partial charge is 0.242 e. The van der Waals surface area contributed by atoms with Crippen LogP contribution in [-0.2, 0) is 9.59 Å². The number of piperidine rings is 1. The fourth-order valence-corrected chi connectivity index (χ4v) is 2.08. The van der Waals surface area contributed by atoms with Crippen molar-refractivity contribution >= 4 is 11.8 Å². The summed E-state index contributed by atoms with van der Waals surface area (Å²) in [5.41, 5.74) is 0. The maximum Gasteiger partial charge on any atom is 0.242 e. The minimum absolute atomic E-state index is 0.0135. The van der Waals surface area contributed by atoms with Gasteiger partial charge in [0.15, 0.2) is 0 Å². The molecule has 0 saturated carbocycles. The molecule has 0 aromatic heterocycles. The molecule has 84 valence electrons. The molecule has 0 radical (unpaired) electrons. The number of hydrogen-bond acceptors (Lipinski definition) is 3. The maximum atomic E-state index is 11.7. The zero-order valence-corrected chi connectivity index (χ0v) is 8.71. The lowest BCUT2D eigenvalue weighted by molar-refractivity contribution is -0.126. The molecule has 2 amide bonds. The SMILES string of the molecule is O=C1CC[C@H](C(=O)NC2CCNCC2)N1. The molecule has 0 unspecified atom stereocenters. The summed E-state index contributed by atoms with van der Waals surface area (Å²) >= 11 is 0. The van der Waals surface area contributed by atoms with Crippen LogP contribution >= 0.6 is 0 Å².